The molecule has 0 heterocycles. The topological polar surface area (TPSA) is 107 Å². The van der Waals surface area contributed by atoms with E-state index in [1.54, 1.807) is 36.4 Å². The zero-order chi connectivity index (χ0) is 31.9. The molecule has 0 unspecified atom stereocenters. The Hall–Kier alpha value is -5.31. The van der Waals surface area contributed by atoms with Crippen molar-refractivity contribution < 1.29 is 42.8 Å². The summed E-state index contributed by atoms with van der Waals surface area (Å²) >= 11 is 0. The first-order valence-corrected chi connectivity index (χ1v) is 13.7. The molecule has 4 aromatic carbocycles. The minimum Gasteiger partial charge on any atom is -0.437 e. The van der Waals surface area contributed by atoms with Gasteiger partial charge in [-0.05, 0) is 71.1 Å². The quantitative estimate of drug-likeness (QED) is 0.0869. The van der Waals surface area contributed by atoms with Crippen molar-refractivity contribution in [1.29, 1.82) is 0 Å². The van der Waals surface area contributed by atoms with Gasteiger partial charge in [0.05, 0.1) is 21.3 Å². The van der Waals surface area contributed by atoms with Gasteiger partial charge in [0.15, 0.2) is 0 Å². The van der Waals surface area contributed by atoms with Gasteiger partial charge in [0.2, 0.25) is 0 Å². The van der Waals surface area contributed by atoms with E-state index in [2.05, 4.69) is 59.2 Å². The van der Waals surface area contributed by atoms with Gasteiger partial charge in [-0.2, -0.15) is 0 Å². The maximum absolute atomic E-state index is 11.6. The Morgan fingerprint density at radius 3 is 0.909 bits per heavy atom. The van der Waals surface area contributed by atoms with E-state index in [0.29, 0.717) is 17.2 Å². The van der Waals surface area contributed by atoms with Crippen molar-refractivity contribution in [3.63, 3.8) is 0 Å². The zero-order valence-electron chi connectivity index (χ0n) is 25.4. The fourth-order valence-electron chi connectivity index (χ4n) is 4.95. The Bertz CT molecular complexity index is 1530. The van der Waals surface area contributed by atoms with Crippen molar-refractivity contribution in [3.8, 4) is 17.2 Å². The molecule has 0 bridgehead atoms. The Kier molecular flexibility index (Phi) is 9.58. The monoisotopic (exact) mass is 598 g/mol. The standard InChI is InChI=1S/C35H34O9/c1-34(2,24-11-17-28(18-12-24)42-31(36)39-4)23-7-9-25(10-8-23)35(3,26-13-19-29(20-14-26)43-32(37)40-5)27-15-21-30(22-16-27)44-33(38)41-6/h7-22H,1-6H3. The van der Waals surface area contributed by atoms with Crippen LogP contribution in [-0.2, 0) is 25.0 Å². The molecule has 0 spiro atoms. The molecule has 0 amide bonds. The van der Waals surface area contributed by atoms with Gasteiger partial charge in [0.1, 0.15) is 17.2 Å². The van der Waals surface area contributed by atoms with E-state index in [9.17, 15) is 14.4 Å². The third-order valence-electron chi connectivity index (χ3n) is 7.73. The van der Waals surface area contributed by atoms with E-state index in [1.165, 1.54) is 21.3 Å². The van der Waals surface area contributed by atoms with E-state index in [1.807, 2.05) is 36.4 Å². The second-order valence-electron chi connectivity index (χ2n) is 10.6. The molecule has 0 saturated heterocycles. The number of ether oxygens (including phenoxy) is 6. The smallest absolute Gasteiger partial charge is 0.437 e. The van der Waals surface area contributed by atoms with E-state index in [4.69, 9.17) is 14.2 Å². The van der Waals surface area contributed by atoms with Crippen LogP contribution in [0.25, 0.3) is 0 Å². The van der Waals surface area contributed by atoms with E-state index in [0.717, 1.165) is 27.8 Å². The van der Waals surface area contributed by atoms with E-state index >= 15 is 0 Å². The number of hydrogen-bond acceptors (Lipinski definition) is 9. The Labute approximate surface area is 256 Å². The highest BCUT2D eigenvalue weighted by Gasteiger charge is 2.32. The third-order valence-corrected chi connectivity index (χ3v) is 7.73. The molecule has 0 saturated carbocycles. The fraction of sp³-hybridized carbons (Fsp3) is 0.229. The first-order valence-electron chi connectivity index (χ1n) is 13.7. The average Bonchev–Trinajstić information content (AvgIpc) is 3.05. The van der Waals surface area contributed by atoms with Crippen LogP contribution in [0.2, 0.25) is 0 Å². The summed E-state index contributed by atoms with van der Waals surface area (Å²) in [6.45, 7) is 6.34. The van der Waals surface area contributed by atoms with Gasteiger partial charge in [0, 0.05) is 10.8 Å². The molecule has 0 aliphatic heterocycles. The second kappa shape index (κ2) is 13.3. The maximum atomic E-state index is 11.6. The third kappa shape index (κ3) is 6.83. The van der Waals surface area contributed by atoms with Crippen molar-refractivity contribution in [2.75, 3.05) is 21.3 Å². The maximum Gasteiger partial charge on any atom is 0.513 e. The van der Waals surface area contributed by atoms with Crippen LogP contribution in [0.4, 0.5) is 14.4 Å². The van der Waals surface area contributed by atoms with Crippen molar-refractivity contribution >= 4 is 18.5 Å². The molecular weight excluding hydrogens is 564 g/mol. The molecule has 0 N–H and O–H groups in total. The van der Waals surface area contributed by atoms with Gasteiger partial charge in [-0.15, -0.1) is 0 Å². The zero-order valence-corrected chi connectivity index (χ0v) is 25.4. The van der Waals surface area contributed by atoms with Gasteiger partial charge in [0.25, 0.3) is 0 Å². The van der Waals surface area contributed by atoms with Crippen LogP contribution < -0.4 is 14.2 Å². The molecule has 0 radical (unpaired) electrons. The molecule has 4 aromatic rings. The van der Waals surface area contributed by atoms with Crippen molar-refractivity contribution in [1.82, 2.24) is 0 Å². The summed E-state index contributed by atoms with van der Waals surface area (Å²) in [5, 5.41) is 0. The van der Waals surface area contributed by atoms with Crippen LogP contribution in [0.1, 0.15) is 48.6 Å². The van der Waals surface area contributed by atoms with Crippen molar-refractivity contribution in [2.24, 2.45) is 0 Å². The molecule has 0 fully saturated rings. The van der Waals surface area contributed by atoms with Crippen LogP contribution in [0, 0.1) is 0 Å². The van der Waals surface area contributed by atoms with Gasteiger partial charge in [-0.3, -0.25) is 0 Å². The fourth-order valence-corrected chi connectivity index (χ4v) is 4.95. The number of benzene rings is 4. The normalized spacial score (nSPS) is 11.2. The lowest BCUT2D eigenvalue weighted by atomic mass is 9.70. The Balaban J connectivity index is 1.70. The Morgan fingerprint density at radius 1 is 0.409 bits per heavy atom. The average molecular weight is 599 g/mol. The minimum atomic E-state index is -0.800. The van der Waals surface area contributed by atoms with Crippen molar-refractivity contribution in [2.45, 2.75) is 31.6 Å². The summed E-state index contributed by atoms with van der Waals surface area (Å²) in [7, 11) is 3.76. The number of rotatable bonds is 8. The predicted octanol–water partition coefficient (Wildman–Crippen LogP) is 7.80. The summed E-state index contributed by atoms with van der Waals surface area (Å²) < 4.78 is 29.2. The molecular formula is C35H34O9. The lowest BCUT2D eigenvalue weighted by Gasteiger charge is -2.33. The lowest BCUT2D eigenvalue weighted by molar-refractivity contribution is 0.120. The molecule has 44 heavy (non-hydrogen) atoms. The highest BCUT2D eigenvalue weighted by molar-refractivity contribution is 5.65. The number of carbonyl (C=O) groups excluding carboxylic acids is 3. The first kappa shape index (κ1) is 31.6. The number of carbonyl (C=O) groups is 3. The van der Waals surface area contributed by atoms with Crippen molar-refractivity contribution in [3.05, 3.63) is 125 Å². The molecule has 9 nitrogen and oxygen atoms in total. The first-order chi connectivity index (χ1) is 21.0. The van der Waals surface area contributed by atoms with Crippen LogP contribution in [-0.4, -0.2) is 39.8 Å². The second-order valence-corrected chi connectivity index (χ2v) is 10.6. The molecule has 9 heteroatoms. The van der Waals surface area contributed by atoms with E-state index in [-0.39, 0.29) is 5.41 Å². The van der Waals surface area contributed by atoms with Crippen LogP contribution in [0.3, 0.4) is 0 Å². The minimum absolute atomic E-state index is 0.352. The summed E-state index contributed by atoms with van der Waals surface area (Å²) in [4.78, 5) is 34.7. The molecule has 0 atom stereocenters. The van der Waals surface area contributed by atoms with Crippen LogP contribution >= 0.6 is 0 Å². The largest absolute Gasteiger partial charge is 0.513 e. The predicted molar refractivity (Wildman–Crippen MR) is 163 cm³/mol. The number of methoxy groups -OCH3 is 3. The van der Waals surface area contributed by atoms with Gasteiger partial charge in [-0.1, -0.05) is 74.5 Å². The SMILES string of the molecule is COC(=O)Oc1ccc(C(C)(C)c2ccc(C(C)(c3ccc(OC(=O)OC)cc3)c3ccc(OC(=O)OC)cc3)cc2)cc1. The Morgan fingerprint density at radius 2 is 0.636 bits per heavy atom. The van der Waals surface area contributed by atoms with Crippen LogP contribution in [0.5, 0.6) is 17.2 Å². The van der Waals surface area contributed by atoms with E-state index < -0.39 is 23.9 Å². The summed E-state index contributed by atoms with van der Waals surface area (Å²) in [5.74, 6) is 1.10. The molecule has 0 aromatic heterocycles. The highest BCUT2D eigenvalue weighted by Crippen LogP contribution is 2.41. The van der Waals surface area contributed by atoms with Crippen LogP contribution in [0.15, 0.2) is 97.1 Å². The highest BCUT2D eigenvalue weighted by atomic mass is 16.7. The molecule has 228 valence electrons. The van der Waals surface area contributed by atoms with Gasteiger partial charge < -0.3 is 28.4 Å². The van der Waals surface area contributed by atoms with Gasteiger partial charge >= 0.3 is 18.5 Å². The summed E-state index contributed by atoms with van der Waals surface area (Å²) in [6.07, 6.45) is -2.37. The molecule has 0 aliphatic rings. The molecule has 4 rings (SSSR count). The van der Waals surface area contributed by atoms with Gasteiger partial charge in [-0.25, -0.2) is 14.4 Å². The lowest BCUT2D eigenvalue weighted by Crippen LogP contribution is -2.26. The summed E-state index contributed by atoms with van der Waals surface area (Å²) in [6, 6.07) is 30.1. The molecule has 0 aliphatic carbocycles. The summed E-state index contributed by atoms with van der Waals surface area (Å²) in [5.41, 5.74) is 3.97. The number of hydrogen-bond donors (Lipinski definition) is 0.